The quantitative estimate of drug-likeness (QED) is 0.286. The molecule has 0 saturated carbocycles. The Morgan fingerprint density at radius 3 is 2.47 bits per heavy atom. The van der Waals surface area contributed by atoms with Crippen LogP contribution in [-0.4, -0.2) is 27.0 Å². The highest BCUT2D eigenvalue weighted by molar-refractivity contribution is 14.0. The van der Waals surface area contributed by atoms with Gasteiger partial charge in [0.05, 0.1) is 12.1 Å². The first-order valence-corrected chi connectivity index (χ1v) is 9.07. The molecule has 0 aliphatic heterocycles. The number of hydrogen-bond acceptors (Lipinski definition) is 3. The van der Waals surface area contributed by atoms with Crippen LogP contribution in [0.15, 0.2) is 66.3 Å². The summed E-state index contributed by atoms with van der Waals surface area (Å²) in [5.41, 5.74) is 1.04. The van der Waals surface area contributed by atoms with Gasteiger partial charge < -0.3 is 10.6 Å². The number of aliphatic imine (C=N–C) groups is 1. The minimum absolute atomic E-state index is 0. The molecule has 160 valence electrons. The highest BCUT2D eigenvalue weighted by Crippen LogP contribution is 2.29. The molecule has 0 saturated heterocycles. The average Bonchev–Trinajstić information content (AvgIpc) is 3.25. The molecule has 0 aliphatic rings. The number of hydrogen-bond donors (Lipinski definition) is 2. The Morgan fingerprint density at radius 1 is 1.07 bits per heavy atom. The predicted octanol–water partition coefficient (Wildman–Crippen LogP) is 4.16. The van der Waals surface area contributed by atoms with Crippen molar-refractivity contribution in [3.05, 3.63) is 78.0 Å². The van der Waals surface area contributed by atoms with Crippen LogP contribution in [0, 0.1) is 0 Å². The molecule has 6 nitrogen and oxygen atoms in total. The molecule has 2 N–H and O–H groups in total. The molecule has 30 heavy (non-hydrogen) atoms. The molecule has 0 amide bonds. The normalized spacial score (nSPS) is 11.7. The molecule has 0 aliphatic carbocycles. The third kappa shape index (κ3) is 6.71. The van der Waals surface area contributed by atoms with E-state index in [9.17, 15) is 13.2 Å². The summed E-state index contributed by atoms with van der Waals surface area (Å²) in [5, 5.41) is 6.26. The lowest BCUT2D eigenvalue weighted by Gasteiger charge is -2.12. The number of nitrogens with one attached hydrogen (secondary N) is 2. The summed E-state index contributed by atoms with van der Waals surface area (Å²) in [6.45, 7) is 3.39. The Morgan fingerprint density at radius 2 is 1.83 bits per heavy atom. The molecule has 2 heterocycles. The lowest BCUT2D eigenvalue weighted by molar-refractivity contribution is -0.137. The Balaban J connectivity index is 0.00000320. The lowest BCUT2D eigenvalue weighted by atomic mass is 10.1. The number of alkyl halides is 3. The molecule has 0 radical (unpaired) electrons. The Bertz CT molecular complexity index is 940. The molecule has 0 spiro atoms. The van der Waals surface area contributed by atoms with Gasteiger partial charge in [0.25, 0.3) is 0 Å². The largest absolute Gasteiger partial charge is 0.416 e. The second-order valence-corrected chi connectivity index (χ2v) is 6.24. The van der Waals surface area contributed by atoms with Crippen molar-refractivity contribution >= 4 is 29.9 Å². The van der Waals surface area contributed by atoms with Crippen molar-refractivity contribution in [2.24, 2.45) is 4.99 Å². The second-order valence-electron chi connectivity index (χ2n) is 6.24. The monoisotopic (exact) mass is 530 g/mol. The van der Waals surface area contributed by atoms with E-state index in [0.29, 0.717) is 25.6 Å². The van der Waals surface area contributed by atoms with Crippen LogP contribution in [0.4, 0.5) is 13.2 Å². The first kappa shape index (κ1) is 23.6. The summed E-state index contributed by atoms with van der Waals surface area (Å²) < 4.78 is 39.8. The van der Waals surface area contributed by atoms with Gasteiger partial charge in [-0.15, -0.1) is 24.0 Å². The summed E-state index contributed by atoms with van der Waals surface area (Å²) in [6.07, 6.45) is 2.54. The van der Waals surface area contributed by atoms with Gasteiger partial charge in [-0.25, -0.2) is 15.0 Å². The number of halogens is 4. The van der Waals surface area contributed by atoms with Crippen molar-refractivity contribution in [2.45, 2.75) is 26.2 Å². The van der Waals surface area contributed by atoms with Gasteiger partial charge in [0.1, 0.15) is 12.1 Å². The SMILES string of the molecule is CCNC(=NCc1ccnc(-n2ccnc2)c1)NCc1ccc(C(F)(F)F)cc1.I. The van der Waals surface area contributed by atoms with Gasteiger partial charge in [-0.2, -0.15) is 13.2 Å². The van der Waals surface area contributed by atoms with Gasteiger partial charge >= 0.3 is 6.18 Å². The molecule has 10 heteroatoms. The Kier molecular flexibility index (Phi) is 8.63. The number of nitrogens with zero attached hydrogens (tertiary/aromatic N) is 4. The Labute approximate surface area is 189 Å². The summed E-state index contributed by atoms with van der Waals surface area (Å²) >= 11 is 0. The topological polar surface area (TPSA) is 67.1 Å². The maximum atomic E-state index is 12.7. The van der Waals surface area contributed by atoms with E-state index in [4.69, 9.17) is 0 Å². The highest BCUT2D eigenvalue weighted by Gasteiger charge is 2.29. The van der Waals surface area contributed by atoms with E-state index < -0.39 is 11.7 Å². The van der Waals surface area contributed by atoms with Crippen molar-refractivity contribution in [1.82, 2.24) is 25.2 Å². The third-order valence-electron chi connectivity index (χ3n) is 4.08. The maximum absolute atomic E-state index is 12.7. The fraction of sp³-hybridized carbons (Fsp3) is 0.250. The van der Waals surface area contributed by atoms with Crippen LogP contribution in [-0.2, 0) is 19.3 Å². The molecular formula is C20H22F3IN6. The fourth-order valence-corrected chi connectivity index (χ4v) is 2.60. The summed E-state index contributed by atoms with van der Waals surface area (Å²) in [6, 6.07) is 8.87. The van der Waals surface area contributed by atoms with Gasteiger partial charge in [-0.05, 0) is 42.3 Å². The minimum atomic E-state index is -4.33. The van der Waals surface area contributed by atoms with Crippen LogP contribution >= 0.6 is 24.0 Å². The molecule has 1 aromatic carbocycles. The molecule has 0 bridgehead atoms. The molecule has 3 aromatic rings. The van der Waals surface area contributed by atoms with Crippen LogP contribution in [0.2, 0.25) is 0 Å². The smallest absolute Gasteiger partial charge is 0.357 e. The van der Waals surface area contributed by atoms with Crippen LogP contribution < -0.4 is 10.6 Å². The minimum Gasteiger partial charge on any atom is -0.357 e. The molecule has 0 unspecified atom stereocenters. The van der Waals surface area contributed by atoms with Crippen molar-refractivity contribution in [1.29, 1.82) is 0 Å². The van der Waals surface area contributed by atoms with Crippen LogP contribution in [0.3, 0.4) is 0 Å². The van der Waals surface area contributed by atoms with Gasteiger partial charge in [-0.1, -0.05) is 12.1 Å². The molecule has 0 atom stereocenters. The van der Waals surface area contributed by atoms with E-state index in [1.54, 1.807) is 23.3 Å². The molecular weight excluding hydrogens is 508 g/mol. The molecule has 2 aromatic heterocycles. The van der Waals surface area contributed by atoms with E-state index in [1.807, 2.05) is 25.3 Å². The van der Waals surface area contributed by atoms with Crippen LogP contribution in [0.5, 0.6) is 0 Å². The number of guanidine groups is 1. The standard InChI is InChI=1S/C20H21F3N6.HI/c1-2-25-19(27-12-15-3-5-17(6-4-15)20(21,22)23)28-13-16-7-8-26-18(11-16)29-10-9-24-14-29;/h3-11,14H,2,12-13H2,1H3,(H2,25,27,28);1H. The predicted molar refractivity (Wildman–Crippen MR) is 120 cm³/mol. The zero-order valence-electron chi connectivity index (χ0n) is 16.2. The first-order valence-electron chi connectivity index (χ1n) is 9.07. The molecule has 3 rings (SSSR count). The number of imidazole rings is 1. The van der Waals surface area contributed by atoms with Crippen LogP contribution in [0.25, 0.3) is 5.82 Å². The third-order valence-corrected chi connectivity index (χ3v) is 4.08. The van der Waals surface area contributed by atoms with E-state index in [-0.39, 0.29) is 24.0 Å². The zero-order valence-corrected chi connectivity index (χ0v) is 18.6. The summed E-state index contributed by atoms with van der Waals surface area (Å²) in [4.78, 5) is 12.9. The highest BCUT2D eigenvalue weighted by atomic mass is 127. The summed E-state index contributed by atoms with van der Waals surface area (Å²) in [5.74, 6) is 1.33. The van der Waals surface area contributed by atoms with Gasteiger partial charge in [0.15, 0.2) is 5.96 Å². The number of pyridine rings is 1. The lowest BCUT2D eigenvalue weighted by Crippen LogP contribution is -2.36. The van der Waals surface area contributed by atoms with Gasteiger partial charge in [0.2, 0.25) is 0 Å². The van der Waals surface area contributed by atoms with Crippen molar-refractivity contribution < 1.29 is 13.2 Å². The van der Waals surface area contributed by atoms with Crippen molar-refractivity contribution in [2.75, 3.05) is 6.54 Å². The van der Waals surface area contributed by atoms with E-state index in [1.165, 1.54) is 12.1 Å². The first-order chi connectivity index (χ1) is 14.0. The van der Waals surface area contributed by atoms with Gasteiger partial charge in [-0.3, -0.25) is 4.57 Å². The van der Waals surface area contributed by atoms with Crippen LogP contribution in [0.1, 0.15) is 23.6 Å². The number of benzene rings is 1. The van der Waals surface area contributed by atoms with E-state index >= 15 is 0 Å². The van der Waals surface area contributed by atoms with Gasteiger partial charge in [0, 0.05) is 31.7 Å². The van der Waals surface area contributed by atoms with E-state index in [2.05, 4.69) is 25.6 Å². The number of aromatic nitrogens is 3. The zero-order chi connectivity index (χ0) is 20.7. The molecule has 0 fully saturated rings. The Hall–Kier alpha value is -2.63. The average molecular weight is 530 g/mol. The maximum Gasteiger partial charge on any atom is 0.416 e. The second kappa shape index (κ2) is 11.0. The number of rotatable bonds is 6. The van der Waals surface area contributed by atoms with Crippen molar-refractivity contribution in [3.8, 4) is 5.82 Å². The summed E-state index contributed by atoms with van der Waals surface area (Å²) in [7, 11) is 0. The fourth-order valence-electron chi connectivity index (χ4n) is 2.60. The van der Waals surface area contributed by atoms with Crippen molar-refractivity contribution in [3.63, 3.8) is 0 Å². The van der Waals surface area contributed by atoms with E-state index in [0.717, 1.165) is 29.1 Å².